The number of hydrogen-bond acceptors (Lipinski definition) is 5. The Hall–Kier alpha value is -1.99. The van der Waals surface area contributed by atoms with Crippen molar-refractivity contribution < 1.29 is 13.2 Å². The molecule has 0 saturated carbocycles. The van der Waals surface area contributed by atoms with E-state index in [-0.39, 0.29) is 6.10 Å². The molecule has 1 aromatic heterocycles. The predicted molar refractivity (Wildman–Crippen MR) is 97.5 cm³/mol. The van der Waals surface area contributed by atoms with Crippen molar-refractivity contribution in [1.82, 2.24) is 14.3 Å². The Morgan fingerprint density at radius 1 is 1.00 bits per heavy atom. The summed E-state index contributed by atoms with van der Waals surface area (Å²) in [6.45, 7) is 0.911. The number of hydrogen-bond donors (Lipinski definition) is 0. The molecule has 26 heavy (non-hydrogen) atoms. The SMILES string of the molecule is O=S(=O)(c1ccc2c(c1)CCCC2)N1CCC(Oc2ncccn2)CC1. The lowest BCUT2D eigenvalue weighted by molar-refractivity contribution is 0.124. The number of sulfonamides is 1. The van der Waals surface area contributed by atoms with Crippen molar-refractivity contribution in [2.24, 2.45) is 0 Å². The molecule has 0 radical (unpaired) electrons. The van der Waals surface area contributed by atoms with E-state index >= 15 is 0 Å². The maximum atomic E-state index is 13.0. The second-order valence-corrected chi connectivity index (χ2v) is 8.83. The van der Waals surface area contributed by atoms with Gasteiger partial charge >= 0.3 is 6.01 Å². The molecular formula is C19H23N3O3S. The second-order valence-electron chi connectivity index (χ2n) is 6.89. The normalized spacial score (nSPS) is 19.1. The minimum Gasteiger partial charge on any atom is -0.460 e. The van der Waals surface area contributed by atoms with Crippen LogP contribution in [0.15, 0.2) is 41.6 Å². The molecule has 0 unspecified atom stereocenters. The van der Waals surface area contributed by atoms with Gasteiger partial charge < -0.3 is 4.74 Å². The third-order valence-corrected chi connectivity index (χ3v) is 7.07. The number of aromatic nitrogens is 2. The molecular weight excluding hydrogens is 350 g/mol. The number of nitrogens with zero attached hydrogens (tertiary/aromatic N) is 3. The standard InChI is InChI=1S/C19H23N3O3S/c23-26(24,18-7-6-15-4-1-2-5-16(15)14-18)22-12-8-17(9-13-22)25-19-20-10-3-11-21-19/h3,6-7,10-11,14,17H,1-2,4-5,8-9,12-13H2. The van der Waals surface area contributed by atoms with Crippen LogP contribution in [0.5, 0.6) is 6.01 Å². The number of fused-ring (bicyclic) bond motifs is 1. The molecule has 2 aromatic rings. The van der Waals surface area contributed by atoms with E-state index in [2.05, 4.69) is 9.97 Å². The van der Waals surface area contributed by atoms with Gasteiger partial charge in [-0.15, -0.1) is 0 Å². The molecule has 7 heteroatoms. The Kier molecular flexibility index (Phi) is 4.91. The van der Waals surface area contributed by atoms with Crippen LogP contribution in [-0.2, 0) is 22.9 Å². The highest BCUT2D eigenvalue weighted by atomic mass is 32.2. The zero-order chi connectivity index (χ0) is 18.0. The predicted octanol–water partition coefficient (Wildman–Crippen LogP) is 2.59. The second kappa shape index (κ2) is 7.32. The molecule has 0 atom stereocenters. The van der Waals surface area contributed by atoms with Crippen LogP contribution in [0.2, 0.25) is 0 Å². The minimum absolute atomic E-state index is 0.0487. The van der Waals surface area contributed by atoms with Crippen LogP contribution in [0, 0.1) is 0 Å². The van der Waals surface area contributed by atoms with Crippen molar-refractivity contribution in [3.8, 4) is 6.01 Å². The van der Waals surface area contributed by atoms with Crippen LogP contribution in [-0.4, -0.2) is 41.9 Å². The molecule has 138 valence electrons. The first-order valence-electron chi connectivity index (χ1n) is 9.18. The summed E-state index contributed by atoms with van der Waals surface area (Å²) >= 11 is 0. The fourth-order valence-corrected chi connectivity index (χ4v) is 5.23. The quantitative estimate of drug-likeness (QED) is 0.824. The summed E-state index contributed by atoms with van der Waals surface area (Å²) in [5.41, 5.74) is 2.49. The van der Waals surface area contributed by atoms with Crippen molar-refractivity contribution in [3.05, 3.63) is 47.8 Å². The Morgan fingerprint density at radius 2 is 1.69 bits per heavy atom. The van der Waals surface area contributed by atoms with Gasteiger partial charge in [0.05, 0.1) is 4.90 Å². The molecule has 0 spiro atoms. The van der Waals surface area contributed by atoms with Gasteiger partial charge in [-0.25, -0.2) is 18.4 Å². The minimum atomic E-state index is -3.45. The summed E-state index contributed by atoms with van der Waals surface area (Å²) in [4.78, 5) is 8.55. The van der Waals surface area contributed by atoms with Crippen LogP contribution in [0.3, 0.4) is 0 Å². The van der Waals surface area contributed by atoms with E-state index in [9.17, 15) is 8.42 Å². The molecule has 2 heterocycles. The fraction of sp³-hybridized carbons (Fsp3) is 0.474. The van der Waals surface area contributed by atoms with Crippen LogP contribution in [0.4, 0.5) is 0 Å². The molecule has 1 fully saturated rings. The number of piperidine rings is 1. The Bertz CT molecular complexity index is 863. The number of rotatable bonds is 4. The largest absolute Gasteiger partial charge is 0.460 e. The van der Waals surface area contributed by atoms with Gasteiger partial charge in [0, 0.05) is 25.5 Å². The van der Waals surface area contributed by atoms with Crippen molar-refractivity contribution in [2.75, 3.05) is 13.1 Å². The van der Waals surface area contributed by atoms with Crippen molar-refractivity contribution >= 4 is 10.0 Å². The first kappa shape index (κ1) is 17.4. The molecule has 0 N–H and O–H groups in total. The molecule has 2 aliphatic rings. The smallest absolute Gasteiger partial charge is 0.316 e. The molecule has 4 rings (SSSR count). The number of benzene rings is 1. The zero-order valence-corrected chi connectivity index (χ0v) is 15.5. The summed E-state index contributed by atoms with van der Waals surface area (Å²) in [5.74, 6) is 0. The topological polar surface area (TPSA) is 72.4 Å². The highest BCUT2D eigenvalue weighted by Gasteiger charge is 2.31. The van der Waals surface area contributed by atoms with Gasteiger partial charge in [-0.3, -0.25) is 0 Å². The van der Waals surface area contributed by atoms with Crippen LogP contribution >= 0.6 is 0 Å². The maximum Gasteiger partial charge on any atom is 0.316 e. The summed E-state index contributed by atoms with van der Waals surface area (Å²) in [6, 6.07) is 7.72. The van der Waals surface area contributed by atoms with Gasteiger partial charge in [0.2, 0.25) is 10.0 Å². The lowest BCUT2D eigenvalue weighted by Crippen LogP contribution is -2.41. The molecule has 6 nitrogen and oxygen atoms in total. The van der Waals surface area contributed by atoms with Gasteiger partial charge in [-0.05, 0) is 67.9 Å². The summed E-state index contributed by atoms with van der Waals surface area (Å²) in [7, 11) is -3.45. The van der Waals surface area contributed by atoms with Gasteiger partial charge in [0.1, 0.15) is 6.10 Å². The molecule has 1 aromatic carbocycles. The van der Waals surface area contributed by atoms with Crippen LogP contribution in [0.25, 0.3) is 0 Å². The maximum absolute atomic E-state index is 13.0. The van der Waals surface area contributed by atoms with E-state index in [1.165, 1.54) is 17.5 Å². The summed E-state index contributed by atoms with van der Waals surface area (Å²) in [5, 5.41) is 0. The lowest BCUT2D eigenvalue weighted by Gasteiger charge is -2.31. The average Bonchev–Trinajstić information content (AvgIpc) is 2.69. The average molecular weight is 373 g/mol. The Balaban J connectivity index is 1.43. The molecule has 1 aliphatic carbocycles. The Labute approximate surface area is 154 Å². The summed E-state index contributed by atoms with van der Waals surface area (Å²) < 4.78 is 33.3. The number of aryl methyl sites for hydroxylation is 2. The van der Waals surface area contributed by atoms with E-state index in [4.69, 9.17) is 4.74 Å². The van der Waals surface area contributed by atoms with E-state index in [1.807, 2.05) is 12.1 Å². The third kappa shape index (κ3) is 3.59. The van der Waals surface area contributed by atoms with Crippen molar-refractivity contribution in [1.29, 1.82) is 0 Å². The van der Waals surface area contributed by atoms with Gasteiger partial charge in [0.15, 0.2) is 0 Å². The van der Waals surface area contributed by atoms with E-state index in [0.29, 0.717) is 36.8 Å². The molecule has 1 aliphatic heterocycles. The Morgan fingerprint density at radius 3 is 2.42 bits per heavy atom. The monoisotopic (exact) mass is 373 g/mol. The third-order valence-electron chi connectivity index (χ3n) is 5.17. The van der Waals surface area contributed by atoms with E-state index < -0.39 is 10.0 Å². The van der Waals surface area contributed by atoms with E-state index in [1.54, 1.807) is 28.8 Å². The van der Waals surface area contributed by atoms with E-state index in [0.717, 1.165) is 19.3 Å². The van der Waals surface area contributed by atoms with Gasteiger partial charge in [0.25, 0.3) is 0 Å². The van der Waals surface area contributed by atoms with Crippen LogP contribution < -0.4 is 4.74 Å². The van der Waals surface area contributed by atoms with Crippen molar-refractivity contribution in [3.63, 3.8) is 0 Å². The molecule has 1 saturated heterocycles. The highest BCUT2D eigenvalue weighted by molar-refractivity contribution is 7.89. The summed E-state index contributed by atoms with van der Waals surface area (Å²) in [6.07, 6.45) is 8.87. The zero-order valence-electron chi connectivity index (χ0n) is 14.7. The molecule has 0 bridgehead atoms. The van der Waals surface area contributed by atoms with Crippen LogP contribution in [0.1, 0.15) is 36.8 Å². The van der Waals surface area contributed by atoms with Gasteiger partial charge in [-0.2, -0.15) is 4.31 Å². The first-order valence-corrected chi connectivity index (χ1v) is 10.6. The first-order chi connectivity index (χ1) is 12.6. The van der Waals surface area contributed by atoms with Crippen molar-refractivity contribution in [2.45, 2.75) is 49.5 Å². The lowest BCUT2D eigenvalue weighted by atomic mass is 9.92. The fourth-order valence-electron chi connectivity index (χ4n) is 3.70. The van der Waals surface area contributed by atoms with Gasteiger partial charge in [-0.1, -0.05) is 6.07 Å². The molecule has 0 amide bonds. The highest BCUT2D eigenvalue weighted by Crippen LogP contribution is 2.27. The number of ether oxygens (including phenoxy) is 1.